The standard InChI is InChI=1S/C12H19BrN4O2/c1-5-17(6-2)11(18)8(3)15-12-14-7-9(13)10(16-12)19-4/h7-8H,5-6H2,1-4H3,(H,14,15,16). The molecule has 19 heavy (non-hydrogen) atoms. The fourth-order valence-corrected chi connectivity index (χ4v) is 1.98. The maximum atomic E-state index is 12.1. The zero-order valence-electron chi connectivity index (χ0n) is 11.6. The molecule has 1 aromatic rings. The van der Waals surface area contributed by atoms with E-state index in [1.165, 1.54) is 7.11 Å². The number of hydrogen-bond donors (Lipinski definition) is 1. The number of ether oxygens (including phenoxy) is 1. The maximum Gasteiger partial charge on any atom is 0.244 e. The van der Waals surface area contributed by atoms with Crippen molar-refractivity contribution in [3.63, 3.8) is 0 Å². The Bertz CT molecular complexity index is 438. The van der Waals surface area contributed by atoms with Gasteiger partial charge in [0.15, 0.2) is 0 Å². The summed E-state index contributed by atoms with van der Waals surface area (Å²) in [5, 5.41) is 2.98. The third kappa shape index (κ3) is 4.05. The number of likely N-dealkylation sites (N-methyl/N-ethyl adjacent to an activating group) is 1. The maximum absolute atomic E-state index is 12.1. The van der Waals surface area contributed by atoms with Crippen LogP contribution >= 0.6 is 15.9 Å². The summed E-state index contributed by atoms with van der Waals surface area (Å²) in [6.45, 7) is 7.07. The van der Waals surface area contributed by atoms with Crippen LogP contribution in [0, 0.1) is 0 Å². The van der Waals surface area contributed by atoms with E-state index in [0.717, 1.165) is 0 Å². The van der Waals surface area contributed by atoms with E-state index in [1.807, 2.05) is 13.8 Å². The zero-order chi connectivity index (χ0) is 14.4. The van der Waals surface area contributed by atoms with Gasteiger partial charge >= 0.3 is 0 Å². The van der Waals surface area contributed by atoms with Gasteiger partial charge in [-0.1, -0.05) is 0 Å². The Balaban J connectivity index is 2.76. The minimum Gasteiger partial charge on any atom is -0.480 e. The summed E-state index contributed by atoms with van der Waals surface area (Å²) in [4.78, 5) is 22.1. The second-order valence-corrected chi connectivity index (χ2v) is 4.78. The number of carbonyl (C=O) groups is 1. The SMILES string of the molecule is CCN(CC)C(=O)C(C)Nc1ncc(Br)c(OC)n1. The zero-order valence-corrected chi connectivity index (χ0v) is 13.2. The van der Waals surface area contributed by atoms with Crippen molar-refractivity contribution in [1.82, 2.24) is 14.9 Å². The highest BCUT2D eigenvalue weighted by molar-refractivity contribution is 9.10. The number of anilines is 1. The Hall–Kier alpha value is -1.37. The van der Waals surface area contributed by atoms with Gasteiger partial charge in [-0.15, -0.1) is 0 Å². The molecule has 1 rings (SSSR count). The molecule has 0 spiro atoms. The second-order valence-electron chi connectivity index (χ2n) is 3.93. The average Bonchev–Trinajstić information content (AvgIpc) is 2.42. The van der Waals surface area contributed by atoms with Crippen LogP contribution in [0.15, 0.2) is 10.7 Å². The Kier molecular flexibility index (Phi) is 6.01. The van der Waals surface area contributed by atoms with Crippen molar-refractivity contribution in [1.29, 1.82) is 0 Å². The van der Waals surface area contributed by atoms with Gasteiger partial charge < -0.3 is 15.0 Å². The average molecular weight is 331 g/mol. The highest BCUT2D eigenvalue weighted by Crippen LogP contribution is 2.22. The fourth-order valence-electron chi connectivity index (χ4n) is 1.63. The summed E-state index contributed by atoms with van der Waals surface area (Å²) in [6.07, 6.45) is 1.59. The molecule has 1 N–H and O–H groups in total. The van der Waals surface area contributed by atoms with Crippen LogP contribution in [0.5, 0.6) is 5.88 Å². The third-order valence-electron chi connectivity index (χ3n) is 2.70. The van der Waals surface area contributed by atoms with Crippen LogP contribution < -0.4 is 10.1 Å². The number of rotatable bonds is 6. The van der Waals surface area contributed by atoms with Crippen LogP contribution in [0.3, 0.4) is 0 Å². The van der Waals surface area contributed by atoms with Crippen LogP contribution in [-0.2, 0) is 4.79 Å². The van der Waals surface area contributed by atoms with Crippen LogP contribution in [0.25, 0.3) is 0 Å². The molecule has 0 saturated heterocycles. The summed E-state index contributed by atoms with van der Waals surface area (Å²) in [7, 11) is 1.53. The molecule has 1 aromatic heterocycles. The molecule has 0 aliphatic rings. The summed E-state index contributed by atoms with van der Waals surface area (Å²) >= 11 is 3.28. The van der Waals surface area contributed by atoms with Crippen LogP contribution in [0.2, 0.25) is 0 Å². The highest BCUT2D eigenvalue weighted by atomic mass is 79.9. The molecule has 0 aliphatic heterocycles. The molecule has 6 nitrogen and oxygen atoms in total. The highest BCUT2D eigenvalue weighted by Gasteiger charge is 2.19. The van der Waals surface area contributed by atoms with Crippen molar-refractivity contribution >= 4 is 27.8 Å². The number of aromatic nitrogens is 2. The van der Waals surface area contributed by atoms with Gasteiger partial charge in [0, 0.05) is 13.1 Å². The largest absolute Gasteiger partial charge is 0.480 e. The molecule has 0 bridgehead atoms. The lowest BCUT2D eigenvalue weighted by molar-refractivity contribution is -0.131. The van der Waals surface area contributed by atoms with Crippen molar-refractivity contribution < 1.29 is 9.53 Å². The summed E-state index contributed by atoms with van der Waals surface area (Å²) in [5.74, 6) is 0.823. The minimum absolute atomic E-state index is 0.0236. The van der Waals surface area contributed by atoms with E-state index in [1.54, 1.807) is 18.0 Å². The van der Waals surface area contributed by atoms with E-state index >= 15 is 0 Å². The third-order valence-corrected chi connectivity index (χ3v) is 3.24. The number of nitrogens with one attached hydrogen (secondary N) is 1. The van der Waals surface area contributed by atoms with Crippen LogP contribution in [0.4, 0.5) is 5.95 Å². The molecule has 0 saturated carbocycles. The molecular formula is C12H19BrN4O2. The molecule has 1 atom stereocenters. The van der Waals surface area contributed by atoms with Gasteiger partial charge in [0.2, 0.25) is 17.7 Å². The predicted molar refractivity (Wildman–Crippen MR) is 77.3 cm³/mol. The molecule has 0 fully saturated rings. The Labute approximate surface area is 121 Å². The van der Waals surface area contributed by atoms with Gasteiger partial charge in [0.25, 0.3) is 0 Å². The number of methoxy groups -OCH3 is 1. The van der Waals surface area contributed by atoms with Crippen molar-refractivity contribution in [2.24, 2.45) is 0 Å². The smallest absolute Gasteiger partial charge is 0.244 e. The lowest BCUT2D eigenvalue weighted by Gasteiger charge is -2.23. The molecule has 1 amide bonds. The minimum atomic E-state index is -0.384. The Morgan fingerprint density at radius 3 is 2.68 bits per heavy atom. The lowest BCUT2D eigenvalue weighted by atomic mass is 10.3. The van der Waals surface area contributed by atoms with Crippen LogP contribution in [0.1, 0.15) is 20.8 Å². The first-order valence-electron chi connectivity index (χ1n) is 6.15. The monoisotopic (exact) mass is 330 g/mol. The molecular weight excluding hydrogens is 312 g/mol. The quantitative estimate of drug-likeness (QED) is 0.863. The van der Waals surface area contributed by atoms with Crippen molar-refractivity contribution in [3.8, 4) is 5.88 Å². The van der Waals surface area contributed by atoms with Crippen molar-refractivity contribution in [2.45, 2.75) is 26.8 Å². The molecule has 0 radical (unpaired) electrons. The summed E-state index contributed by atoms with van der Waals surface area (Å²) in [5.41, 5.74) is 0. The van der Waals surface area contributed by atoms with Gasteiger partial charge in [0.05, 0.1) is 17.8 Å². The molecule has 0 aliphatic carbocycles. The lowest BCUT2D eigenvalue weighted by Crippen LogP contribution is -2.41. The number of halogens is 1. The van der Waals surface area contributed by atoms with Crippen molar-refractivity contribution in [2.75, 3.05) is 25.5 Å². The van der Waals surface area contributed by atoms with E-state index in [2.05, 4.69) is 31.2 Å². The van der Waals surface area contributed by atoms with Gasteiger partial charge in [-0.3, -0.25) is 4.79 Å². The summed E-state index contributed by atoms with van der Waals surface area (Å²) < 4.78 is 5.75. The molecule has 106 valence electrons. The second kappa shape index (κ2) is 7.28. The van der Waals surface area contributed by atoms with E-state index in [-0.39, 0.29) is 11.9 Å². The number of amides is 1. The van der Waals surface area contributed by atoms with Crippen LogP contribution in [-0.4, -0.2) is 47.0 Å². The van der Waals surface area contributed by atoms with E-state index in [9.17, 15) is 4.79 Å². The van der Waals surface area contributed by atoms with Crippen molar-refractivity contribution in [3.05, 3.63) is 10.7 Å². The molecule has 1 heterocycles. The number of carbonyl (C=O) groups excluding carboxylic acids is 1. The van der Waals surface area contributed by atoms with E-state index in [0.29, 0.717) is 29.4 Å². The molecule has 1 unspecified atom stereocenters. The van der Waals surface area contributed by atoms with Gasteiger partial charge in [0.1, 0.15) is 6.04 Å². The molecule has 0 aromatic carbocycles. The first-order valence-corrected chi connectivity index (χ1v) is 6.94. The first kappa shape index (κ1) is 15.7. The van der Waals surface area contributed by atoms with E-state index < -0.39 is 0 Å². The topological polar surface area (TPSA) is 67.4 Å². The number of hydrogen-bond acceptors (Lipinski definition) is 5. The number of nitrogens with zero attached hydrogens (tertiary/aromatic N) is 3. The first-order chi connectivity index (χ1) is 9.03. The predicted octanol–water partition coefficient (Wildman–Crippen LogP) is 1.92. The molecule has 7 heteroatoms. The fraction of sp³-hybridized carbons (Fsp3) is 0.583. The Morgan fingerprint density at radius 2 is 2.16 bits per heavy atom. The van der Waals surface area contributed by atoms with E-state index in [4.69, 9.17) is 4.74 Å². The van der Waals surface area contributed by atoms with Gasteiger partial charge in [-0.05, 0) is 36.7 Å². The normalized spacial score (nSPS) is 11.8. The Morgan fingerprint density at radius 1 is 1.53 bits per heavy atom. The van der Waals surface area contributed by atoms with Gasteiger partial charge in [-0.2, -0.15) is 4.98 Å². The van der Waals surface area contributed by atoms with Gasteiger partial charge in [-0.25, -0.2) is 4.98 Å². The summed E-state index contributed by atoms with van der Waals surface area (Å²) in [6, 6.07) is -0.384.